The number of fused-ring (bicyclic) bond motifs is 3. The third-order valence-electron chi connectivity index (χ3n) is 4.82. The molecule has 2 aromatic heterocycles. The monoisotopic (exact) mass is 410 g/mol. The lowest BCUT2D eigenvalue weighted by molar-refractivity contribution is 0.830. The standard InChI is InChI=1S/C24H15ClN4O/c25-18-10-8-17(9-11-18)23-28-22-19-7-4-14-26-21(19)13-12-20(22)24(30)29(23)27-15-16-5-2-1-3-6-16/h1-15H/b27-15+. The first-order valence-electron chi connectivity index (χ1n) is 9.36. The van der Waals surface area contributed by atoms with Gasteiger partial charge < -0.3 is 0 Å². The molecule has 2 heterocycles. The van der Waals surface area contributed by atoms with Gasteiger partial charge in [0.15, 0.2) is 5.82 Å². The number of halogens is 1. The van der Waals surface area contributed by atoms with Crippen molar-refractivity contribution >= 4 is 39.6 Å². The van der Waals surface area contributed by atoms with Gasteiger partial charge in [-0.2, -0.15) is 9.78 Å². The Hall–Kier alpha value is -3.83. The zero-order chi connectivity index (χ0) is 20.5. The molecular weight excluding hydrogens is 396 g/mol. The number of nitrogens with zero attached hydrogens (tertiary/aromatic N) is 4. The van der Waals surface area contributed by atoms with E-state index in [1.807, 2.05) is 60.7 Å². The lowest BCUT2D eigenvalue weighted by Gasteiger charge is -2.11. The molecule has 5 nitrogen and oxygen atoms in total. The molecule has 0 spiro atoms. The summed E-state index contributed by atoms with van der Waals surface area (Å²) in [5.74, 6) is 0.438. The predicted octanol–water partition coefficient (Wildman–Crippen LogP) is 5.15. The van der Waals surface area contributed by atoms with Gasteiger partial charge in [-0.15, -0.1) is 0 Å². The van der Waals surface area contributed by atoms with Gasteiger partial charge in [0.2, 0.25) is 0 Å². The number of pyridine rings is 1. The maximum atomic E-state index is 13.4. The quantitative estimate of drug-likeness (QED) is 0.305. The second-order valence-electron chi connectivity index (χ2n) is 6.75. The Morgan fingerprint density at radius 2 is 1.67 bits per heavy atom. The highest BCUT2D eigenvalue weighted by atomic mass is 35.5. The minimum Gasteiger partial charge on any atom is -0.267 e. The normalized spacial score (nSPS) is 11.5. The highest BCUT2D eigenvalue weighted by Gasteiger charge is 2.15. The number of hydrogen-bond acceptors (Lipinski definition) is 4. The van der Waals surface area contributed by atoms with Crippen LogP contribution < -0.4 is 5.56 Å². The van der Waals surface area contributed by atoms with Crippen LogP contribution in [0.5, 0.6) is 0 Å². The fourth-order valence-corrected chi connectivity index (χ4v) is 3.48. The van der Waals surface area contributed by atoms with Gasteiger partial charge in [-0.25, -0.2) is 4.98 Å². The van der Waals surface area contributed by atoms with E-state index in [-0.39, 0.29) is 5.56 Å². The molecule has 5 rings (SSSR count). The van der Waals surface area contributed by atoms with E-state index in [0.29, 0.717) is 21.7 Å². The van der Waals surface area contributed by atoms with Gasteiger partial charge in [-0.3, -0.25) is 9.78 Å². The minimum atomic E-state index is -0.247. The first-order chi connectivity index (χ1) is 14.7. The second kappa shape index (κ2) is 7.54. The molecule has 0 bridgehead atoms. The number of hydrogen-bond donors (Lipinski definition) is 0. The van der Waals surface area contributed by atoms with Crippen molar-refractivity contribution in [2.24, 2.45) is 5.10 Å². The maximum absolute atomic E-state index is 13.4. The Balaban J connectivity index is 1.82. The predicted molar refractivity (Wildman–Crippen MR) is 121 cm³/mol. The SMILES string of the molecule is O=c1c2ccc3ncccc3c2nc(-c2ccc(Cl)cc2)n1/N=C/c1ccccc1. The van der Waals surface area contributed by atoms with Crippen molar-refractivity contribution < 1.29 is 0 Å². The topological polar surface area (TPSA) is 60.1 Å². The zero-order valence-corrected chi connectivity index (χ0v) is 16.5. The lowest BCUT2D eigenvalue weighted by atomic mass is 10.1. The molecule has 6 heteroatoms. The lowest BCUT2D eigenvalue weighted by Crippen LogP contribution is -2.20. The summed E-state index contributed by atoms with van der Waals surface area (Å²) in [5.41, 5.74) is 2.76. The highest BCUT2D eigenvalue weighted by Crippen LogP contribution is 2.25. The molecule has 0 aliphatic rings. The van der Waals surface area contributed by atoms with Crippen LogP contribution in [0.3, 0.4) is 0 Å². The summed E-state index contributed by atoms with van der Waals surface area (Å²) in [5, 5.41) is 6.39. The van der Waals surface area contributed by atoms with Crippen molar-refractivity contribution in [1.29, 1.82) is 0 Å². The first-order valence-corrected chi connectivity index (χ1v) is 9.74. The van der Waals surface area contributed by atoms with Gasteiger partial charge in [0.25, 0.3) is 5.56 Å². The smallest absolute Gasteiger partial charge is 0.267 e. The Morgan fingerprint density at radius 3 is 2.47 bits per heavy atom. The second-order valence-corrected chi connectivity index (χ2v) is 7.18. The Labute approximate surface area is 176 Å². The third-order valence-corrected chi connectivity index (χ3v) is 5.07. The molecule has 0 N–H and O–H groups in total. The minimum absolute atomic E-state index is 0.247. The van der Waals surface area contributed by atoms with Crippen molar-refractivity contribution in [2.45, 2.75) is 0 Å². The molecule has 30 heavy (non-hydrogen) atoms. The van der Waals surface area contributed by atoms with Crippen LogP contribution in [-0.4, -0.2) is 20.9 Å². The van der Waals surface area contributed by atoms with E-state index >= 15 is 0 Å². The molecule has 0 atom stereocenters. The molecule has 0 saturated heterocycles. The van der Waals surface area contributed by atoms with E-state index in [0.717, 1.165) is 22.0 Å². The van der Waals surface area contributed by atoms with E-state index in [1.165, 1.54) is 4.68 Å². The molecule has 0 aliphatic carbocycles. The van der Waals surface area contributed by atoms with E-state index in [4.69, 9.17) is 16.6 Å². The average Bonchev–Trinajstić information content (AvgIpc) is 2.79. The fraction of sp³-hybridized carbons (Fsp3) is 0. The molecule has 0 aliphatic heterocycles. The van der Waals surface area contributed by atoms with E-state index in [9.17, 15) is 4.79 Å². The molecule has 5 aromatic rings. The van der Waals surface area contributed by atoms with Crippen LogP contribution in [0, 0.1) is 0 Å². The van der Waals surface area contributed by atoms with Gasteiger partial charge in [0.1, 0.15) is 0 Å². The summed E-state index contributed by atoms with van der Waals surface area (Å²) in [6.45, 7) is 0. The van der Waals surface area contributed by atoms with Gasteiger partial charge in [-0.1, -0.05) is 41.9 Å². The molecule has 3 aromatic carbocycles. The Morgan fingerprint density at radius 1 is 0.867 bits per heavy atom. The Bertz CT molecular complexity index is 1460. The molecule has 0 saturated carbocycles. The summed E-state index contributed by atoms with van der Waals surface area (Å²) in [4.78, 5) is 22.6. The molecule has 0 amide bonds. The summed E-state index contributed by atoms with van der Waals surface area (Å²) in [7, 11) is 0. The molecule has 0 radical (unpaired) electrons. The summed E-state index contributed by atoms with van der Waals surface area (Å²) >= 11 is 6.06. The van der Waals surface area contributed by atoms with Gasteiger partial charge >= 0.3 is 0 Å². The van der Waals surface area contributed by atoms with Crippen LogP contribution in [0.2, 0.25) is 5.02 Å². The van der Waals surface area contributed by atoms with Gasteiger partial charge in [-0.05, 0) is 54.1 Å². The van der Waals surface area contributed by atoms with Crippen molar-refractivity contribution in [2.75, 3.05) is 0 Å². The summed E-state index contributed by atoms with van der Waals surface area (Å²) in [6.07, 6.45) is 3.37. The average molecular weight is 411 g/mol. The van der Waals surface area contributed by atoms with Crippen LogP contribution in [0.25, 0.3) is 33.2 Å². The van der Waals surface area contributed by atoms with Crippen LogP contribution in [0.4, 0.5) is 0 Å². The fourth-order valence-electron chi connectivity index (χ4n) is 3.35. The van der Waals surface area contributed by atoms with Crippen molar-refractivity contribution in [3.05, 3.63) is 106 Å². The van der Waals surface area contributed by atoms with Crippen molar-refractivity contribution in [1.82, 2.24) is 14.6 Å². The van der Waals surface area contributed by atoms with Gasteiger partial charge in [0, 0.05) is 22.2 Å². The van der Waals surface area contributed by atoms with Crippen molar-refractivity contribution in [3.8, 4) is 11.4 Å². The number of benzene rings is 3. The van der Waals surface area contributed by atoms with Crippen LogP contribution in [0.15, 0.2) is 95.0 Å². The number of rotatable bonds is 3. The maximum Gasteiger partial charge on any atom is 0.282 e. The van der Waals surface area contributed by atoms with E-state index in [2.05, 4.69) is 10.1 Å². The molecular formula is C24H15ClN4O. The summed E-state index contributed by atoms with van der Waals surface area (Å²) < 4.78 is 1.33. The largest absolute Gasteiger partial charge is 0.282 e. The Kier molecular flexibility index (Phi) is 4.58. The van der Waals surface area contributed by atoms with Crippen LogP contribution >= 0.6 is 11.6 Å². The zero-order valence-electron chi connectivity index (χ0n) is 15.7. The molecule has 144 valence electrons. The molecule has 0 unspecified atom stereocenters. The van der Waals surface area contributed by atoms with Crippen LogP contribution in [0.1, 0.15) is 5.56 Å². The first kappa shape index (κ1) is 18.2. The third kappa shape index (κ3) is 3.25. The van der Waals surface area contributed by atoms with Gasteiger partial charge in [0.05, 0.1) is 22.6 Å². The van der Waals surface area contributed by atoms with E-state index in [1.54, 1.807) is 30.6 Å². The van der Waals surface area contributed by atoms with E-state index < -0.39 is 0 Å². The highest BCUT2D eigenvalue weighted by molar-refractivity contribution is 6.30. The van der Waals surface area contributed by atoms with Crippen LogP contribution in [-0.2, 0) is 0 Å². The van der Waals surface area contributed by atoms with Crippen molar-refractivity contribution in [3.63, 3.8) is 0 Å². The summed E-state index contributed by atoms with van der Waals surface area (Å²) in [6, 6.07) is 24.1. The number of aromatic nitrogens is 3. The molecule has 0 fully saturated rings.